The lowest BCUT2D eigenvalue weighted by Gasteiger charge is -2.17. The van der Waals surface area contributed by atoms with Gasteiger partial charge in [-0.05, 0) is 42.8 Å². The van der Waals surface area contributed by atoms with E-state index in [9.17, 15) is 23.2 Å². The largest absolute Gasteiger partial charge is 0.435 e. The third kappa shape index (κ3) is 6.87. The number of hydrogen-bond donors (Lipinski definition) is 3. The Morgan fingerprint density at radius 3 is 2.03 bits per heavy atom. The molecule has 3 N–H and O–H groups in total. The lowest BCUT2D eigenvalue weighted by atomic mass is 10.1. The van der Waals surface area contributed by atoms with Crippen molar-refractivity contribution in [2.24, 2.45) is 0 Å². The maximum atomic E-state index is 12.7. The van der Waals surface area contributed by atoms with E-state index in [1.54, 1.807) is 19.1 Å². The lowest BCUT2D eigenvalue weighted by molar-refractivity contribution is -0.115. The average molecular weight is 405 g/mol. The van der Waals surface area contributed by atoms with Gasteiger partial charge in [0.15, 0.2) is 0 Å². The SMILES string of the molecule is CC(=O)Nc1cc(NC(C)=O)cc(C(=O)NC(C)c2cccc(OC(F)F)c2)c1. The maximum absolute atomic E-state index is 12.7. The molecule has 7 nitrogen and oxygen atoms in total. The third-order valence-electron chi connectivity index (χ3n) is 3.77. The number of ether oxygens (including phenoxy) is 1. The number of amides is 3. The molecule has 0 fully saturated rings. The van der Waals surface area contributed by atoms with E-state index < -0.39 is 18.6 Å². The second-order valence-electron chi connectivity index (χ2n) is 6.31. The highest BCUT2D eigenvalue weighted by Gasteiger charge is 2.15. The van der Waals surface area contributed by atoms with E-state index in [0.29, 0.717) is 16.9 Å². The number of carbonyl (C=O) groups excluding carboxylic acids is 3. The van der Waals surface area contributed by atoms with E-state index in [4.69, 9.17) is 0 Å². The summed E-state index contributed by atoms with van der Waals surface area (Å²) in [6, 6.07) is 9.94. The number of benzene rings is 2. The van der Waals surface area contributed by atoms with Crippen LogP contribution in [0.25, 0.3) is 0 Å². The monoisotopic (exact) mass is 405 g/mol. The number of anilines is 2. The summed E-state index contributed by atoms with van der Waals surface area (Å²) < 4.78 is 29.2. The molecular weight excluding hydrogens is 384 g/mol. The number of hydrogen-bond acceptors (Lipinski definition) is 4. The first kappa shape index (κ1) is 21.8. The van der Waals surface area contributed by atoms with Crippen molar-refractivity contribution in [3.05, 3.63) is 53.6 Å². The number of carbonyl (C=O) groups is 3. The lowest BCUT2D eigenvalue weighted by Crippen LogP contribution is -2.27. The summed E-state index contributed by atoms with van der Waals surface area (Å²) in [5, 5.41) is 7.88. The van der Waals surface area contributed by atoms with Crippen molar-refractivity contribution in [3.8, 4) is 5.75 Å². The van der Waals surface area contributed by atoms with Crippen LogP contribution in [0.15, 0.2) is 42.5 Å². The Labute approximate surface area is 166 Å². The Kier molecular flexibility index (Phi) is 7.24. The standard InChI is InChI=1S/C20H21F2N3O4/c1-11(14-5-4-6-18(9-14)29-20(21)22)23-19(28)15-7-16(24-12(2)26)10-17(8-15)25-13(3)27/h4-11,20H,1-3H3,(H,23,28)(H,24,26)(H,25,27). The van der Waals surface area contributed by atoms with Crippen LogP contribution in [0.4, 0.5) is 20.2 Å². The summed E-state index contributed by atoms with van der Waals surface area (Å²) in [6.45, 7) is 1.38. The minimum atomic E-state index is -2.95. The summed E-state index contributed by atoms with van der Waals surface area (Å²) in [4.78, 5) is 35.3. The van der Waals surface area contributed by atoms with Gasteiger partial charge in [-0.25, -0.2) is 0 Å². The molecule has 0 radical (unpaired) electrons. The normalized spacial score (nSPS) is 11.5. The van der Waals surface area contributed by atoms with Crippen LogP contribution in [0.3, 0.4) is 0 Å². The van der Waals surface area contributed by atoms with Crippen molar-refractivity contribution in [2.45, 2.75) is 33.4 Å². The van der Waals surface area contributed by atoms with Gasteiger partial charge in [-0.1, -0.05) is 12.1 Å². The summed E-state index contributed by atoms with van der Waals surface area (Å²) in [5.41, 5.74) is 1.45. The maximum Gasteiger partial charge on any atom is 0.387 e. The summed E-state index contributed by atoms with van der Waals surface area (Å²) in [6.07, 6.45) is 0. The van der Waals surface area contributed by atoms with Crippen molar-refractivity contribution in [1.29, 1.82) is 0 Å². The highest BCUT2D eigenvalue weighted by Crippen LogP contribution is 2.23. The topological polar surface area (TPSA) is 96.5 Å². The van der Waals surface area contributed by atoms with Gasteiger partial charge in [0, 0.05) is 30.8 Å². The molecule has 0 bridgehead atoms. The molecular formula is C20H21F2N3O4. The highest BCUT2D eigenvalue weighted by molar-refractivity contribution is 6.00. The van der Waals surface area contributed by atoms with Crippen molar-refractivity contribution < 1.29 is 27.9 Å². The first-order valence-electron chi connectivity index (χ1n) is 8.70. The molecule has 2 aromatic rings. The molecule has 0 aromatic heterocycles. The van der Waals surface area contributed by atoms with Crippen LogP contribution >= 0.6 is 0 Å². The molecule has 0 heterocycles. The molecule has 29 heavy (non-hydrogen) atoms. The van der Waals surface area contributed by atoms with Crippen LogP contribution in [0.2, 0.25) is 0 Å². The molecule has 3 amide bonds. The van der Waals surface area contributed by atoms with Gasteiger partial charge in [0.05, 0.1) is 6.04 Å². The van der Waals surface area contributed by atoms with E-state index >= 15 is 0 Å². The molecule has 0 saturated carbocycles. The van der Waals surface area contributed by atoms with Crippen molar-refractivity contribution >= 4 is 29.1 Å². The van der Waals surface area contributed by atoms with E-state index in [1.807, 2.05) is 0 Å². The molecule has 0 spiro atoms. The fourth-order valence-corrected chi connectivity index (χ4v) is 2.63. The first-order valence-corrected chi connectivity index (χ1v) is 8.70. The zero-order valence-electron chi connectivity index (χ0n) is 16.1. The van der Waals surface area contributed by atoms with Crippen LogP contribution < -0.4 is 20.7 Å². The Balaban J connectivity index is 2.22. The molecule has 154 valence electrons. The smallest absolute Gasteiger partial charge is 0.387 e. The van der Waals surface area contributed by atoms with Gasteiger partial charge in [-0.2, -0.15) is 8.78 Å². The minimum Gasteiger partial charge on any atom is -0.435 e. The molecule has 0 aliphatic heterocycles. The summed E-state index contributed by atoms with van der Waals surface area (Å²) in [7, 11) is 0. The van der Waals surface area contributed by atoms with Gasteiger partial charge in [-0.15, -0.1) is 0 Å². The van der Waals surface area contributed by atoms with Crippen LogP contribution in [0.5, 0.6) is 5.75 Å². The van der Waals surface area contributed by atoms with Crippen molar-refractivity contribution in [2.75, 3.05) is 10.6 Å². The Bertz CT molecular complexity index is 884. The van der Waals surface area contributed by atoms with Gasteiger partial charge in [0.1, 0.15) is 5.75 Å². The zero-order chi connectivity index (χ0) is 21.6. The second-order valence-corrected chi connectivity index (χ2v) is 6.31. The molecule has 1 unspecified atom stereocenters. The van der Waals surface area contributed by atoms with Gasteiger partial charge < -0.3 is 20.7 Å². The van der Waals surface area contributed by atoms with E-state index in [-0.39, 0.29) is 23.1 Å². The molecule has 2 rings (SSSR count). The first-order chi connectivity index (χ1) is 13.6. The number of rotatable bonds is 7. The quantitative estimate of drug-likeness (QED) is 0.655. The predicted octanol–water partition coefficient (Wildman–Crippen LogP) is 3.70. The van der Waals surface area contributed by atoms with Crippen molar-refractivity contribution in [1.82, 2.24) is 5.32 Å². The van der Waals surface area contributed by atoms with Crippen LogP contribution in [0.1, 0.15) is 42.7 Å². The molecule has 9 heteroatoms. The van der Waals surface area contributed by atoms with Gasteiger partial charge in [0.25, 0.3) is 5.91 Å². The minimum absolute atomic E-state index is 0.0146. The van der Waals surface area contributed by atoms with E-state index in [0.717, 1.165) is 0 Å². The Morgan fingerprint density at radius 2 is 1.52 bits per heavy atom. The zero-order valence-corrected chi connectivity index (χ0v) is 16.1. The summed E-state index contributed by atoms with van der Waals surface area (Å²) in [5.74, 6) is -1.16. The summed E-state index contributed by atoms with van der Waals surface area (Å²) >= 11 is 0. The number of nitrogens with one attached hydrogen (secondary N) is 3. The highest BCUT2D eigenvalue weighted by atomic mass is 19.3. The van der Waals surface area contributed by atoms with Crippen LogP contribution in [0, 0.1) is 0 Å². The van der Waals surface area contributed by atoms with Crippen LogP contribution in [-0.2, 0) is 9.59 Å². The predicted molar refractivity (Wildman–Crippen MR) is 104 cm³/mol. The molecule has 0 saturated heterocycles. The second kappa shape index (κ2) is 9.63. The molecule has 2 aromatic carbocycles. The average Bonchev–Trinajstić information content (AvgIpc) is 2.59. The molecule has 0 aliphatic rings. The Hall–Kier alpha value is -3.49. The molecule has 1 atom stereocenters. The fourth-order valence-electron chi connectivity index (χ4n) is 2.63. The van der Waals surface area contributed by atoms with E-state index in [1.165, 1.54) is 44.2 Å². The number of halogens is 2. The Morgan fingerprint density at radius 1 is 0.931 bits per heavy atom. The van der Waals surface area contributed by atoms with E-state index in [2.05, 4.69) is 20.7 Å². The number of alkyl halides is 2. The van der Waals surface area contributed by atoms with Gasteiger partial charge in [-0.3, -0.25) is 14.4 Å². The third-order valence-corrected chi connectivity index (χ3v) is 3.77. The van der Waals surface area contributed by atoms with Crippen molar-refractivity contribution in [3.63, 3.8) is 0 Å². The van der Waals surface area contributed by atoms with Gasteiger partial charge in [0.2, 0.25) is 11.8 Å². The van der Waals surface area contributed by atoms with Gasteiger partial charge >= 0.3 is 6.61 Å². The fraction of sp³-hybridized carbons (Fsp3) is 0.250. The molecule has 0 aliphatic carbocycles. The van der Waals surface area contributed by atoms with Crippen LogP contribution in [-0.4, -0.2) is 24.3 Å².